The second-order valence-electron chi connectivity index (χ2n) is 7.23. The molecule has 0 radical (unpaired) electrons. The highest BCUT2D eigenvalue weighted by atomic mass is 32.2. The number of carbonyl (C=O) groups is 1. The minimum Gasteiger partial charge on any atom is -0.465 e. The van der Waals surface area contributed by atoms with Gasteiger partial charge in [-0.3, -0.25) is 19.9 Å². The van der Waals surface area contributed by atoms with Crippen molar-refractivity contribution >= 4 is 23.4 Å². The van der Waals surface area contributed by atoms with Gasteiger partial charge in [-0.25, -0.2) is 4.98 Å². The van der Waals surface area contributed by atoms with E-state index in [1.54, 1.807) is 18.3 Å². The van der Waals surface area contributed by atoms with Gasteiger partial charge in [-0.1, -0.05) is 37.7 Å². The van der Waals surface area contributed by atoms with Crippen LogP contribution in [0.3, 0.4) is 0 Å². The first-order chi connectivity index (χ1) is 14.8. The van der Waals surface area contributed by atoms with Crippen LogP contribution in [0.15, 0.2) is 58.6 Å². The highest BCUT2D eigenvalue weighted by Gasteiger charge is 2.22. The summed E-state index contributed by atoms with van der Waals surface area (Å²) in [5.41, 5.74) is 1.80. The molecule has 0 spiro atoms. The maximum atomic E-state index is 11.2. The monoisotopic (exact) mass is 440 g/mol. The molecular weight excluding hydrogens is 416 g/mol. The number of non-ortho nitro benzene ring substituents is 1. The zero-order chi connectivity index (χ0) is 22.4. The summed E-state index contributed by atoms with van der Waals surface area (Å²) in [5, 5.41) is 12.1. The predicted octanol–water partition coefficient (Wildman–Crippen LogP) is 4.61. The second kappa shape index (κ2) is 10.2. The molecule has 0 saturated carbocycles. The summed E-state index contributed by atoms with van der Waals surface area (Å²) in [6.07, 6.45) is 2.20. The molecule has 0 unspecified atom stereocenters. The van der Waals surface area contributed by atoms with Gasteiger partial charge in [0.15, 0.2) is 0 Å². The summed E-state index contributed by atoms with van der Waals surface area (Å²) in [4.78, 5) is 32.0. The molecule has 0 N–H and O–H groups in total. The minimum atomic E-state index is -0.400. The van der Waals surface area contributed by atoms with Gasteiger partial charge in [0.25, 0.3) is 5.69 Å². The van der Waals surface area contributed by atoms with E-state index in [-0.39, 0.29) is 24.2 Å². The number of nitro benzene ring substituents is 1. The number of nitro groups is 1. The number of aromatic nitrogens is 3. The third kappa shape index (κ3) is 5.91. The number of hydrogen-bond donors (Lipinski definition) is 0. The molecule has 0 bridgehead atoms. The first-order valence-electron chi connectivity index (χ1n) is 9.90. The van der Waals surface area contributed by atoms with E-state index >= 15 is 0 Å². The van der Waals surface area contributed by atoms with E-state index < -0.39 is 4.92 Å². The standard InChI is InChI=1S/C22H24N4O4S/c1-15(2)21-22(31-19-9-6-8-18(13-19)26(28)29)25(14-17-7-4-5-11-23-17)20(24-21)10-12-30-16(3)27/h4-9,11,13,15H,10,12,14H2,1-3H3. The molecule has 8 nitrogen and oxygen atoms in total. The van der Waals surface area contributed by atoms with Crippen LogP contribution < -0.4 is 0 Å². The van der Waals surface area contributed by atoms with Crippen molar-refractivity contribution in [3.05, 3.63) is 76.0 Å². The Morgan fingerprint density at radius 3 is 2.71 bits per heavy atom. The van der Waals surface area contributed by atoms with Gasteiger partial charge in [-0.15, -0.1) is 0 Å². The fraction of sp³-hybridized carbons (Fsp3) is 0.318. The van der Waals surface area contributed by atoms with Crippen LogP contribution in [-0.2, 0) is 22.5 Å². The lowest BCUT2D eigenvalue weighted by Gasteiger charge is -2.13. The summed E-state index contributed by atoms with van der Waals surface area (Å²) in [6.45, 7) is 6.21. The number of nitrogens with zero attached hydrogens (tertiary/aromatic N) is 4. The van der Waals surface area contributed by atoms with Gasteiger partial charge in [-0.05, 0) is 24.1 Å². The maximum absolute atomic E-state index is 11.2. The lowest BCUT2D eigenvalue weighted by molar-refractivity contribution is -0.385. The van der Waals surface area contributed by atoms with Crippen molar-refractivity contribution in [2.75, 3.05) is 6.61 Å². The van der Waals surface area contributed by atoms with Crippen LogP contribution in [0, 0.1) is 10.1 Å². The zero-order valence-corrected chi connectivity index (χ0v) is 18.5. The van der Waals surface area contributed by atoms with Gasteiger partial charge < -0.3 is 9.30 Å². The Balaban J connectivity index is 2.03. The molecule has 0 fully saturated rings. The molecule has 3 rings (SSSR count). The van der Waals surface area contributed by atoms with E-state index in [1.165, 1.54) is 24.8 Å². The molecule has 2 aromatic heterocycles. The topological polar surface area (TPSA) is 100 Å². The average molecular weight is 441 g/mol. The quantitative estimate of drug-likeness (QED) is 0.272. The lowest BCUT2D eigenvalue weighted by atomic mass is 10.1. The van der Waals surface area contributed by atoms with Crippen molar-refractivity contribution in [2.45, 2.75) is 49.6 Å². The molecule has 9 heteroatoms. The van der Waals surface area contributed by atoms with Crippen molar-refractivity contribution in [2.24, 2.45) is 0 Å². The van der Waals surface area contributed by atoms with E-state index in [4.69, 9.17) is 9.72 Å². The molecule has 162 valence electrons. The molecule has 0 atom stereocenters. The van der Waals surface area contributed by atoms with Crippen LogP contribution in [0.4, 0.5) is 5.69 Å². The van der Waals surface area contributed by atoms with Crippen molar-refractivity contribution in [3.63, 3.8) is 0 Å². The number of pyridine rings is 1. The summed E-state index contributed by atoms with van der Waals surface area (Å²) in [7, 11) is 0. The normalized spacial score (nSPS) is 11.0. The van der Waals surface area contributed by atoms with Gasteiger partial charge in [0.2, 0.25) is 0 Å². The lowest BCUT2D eigenvalue weighted by Crippen LogP contribution is -2.11. The van der Waals surface area contributed by atoms with Crippen molar-refractivity contribution in [1.82, 2.24) is 14.5 Å². The van der Waals surface area contributed by atoms with Crippen molar-refractivity contribution < 1.29 is 14.5 Å². The first-order valence-corrected chi connectivity index (χ1v) is 10.7. The number of ether oxygens (including phenoxy) is 1. The fourth-order valence-electron chi connectivity index (χ4n) is 3.05. The summed E-state index contributed by atoms with van der Waals surface area (Å²) < 4.78 is 7.19. The van der Waals surface area contributed by atoms with Gasteiger partial charge in [-0.2, -0.15) is 0 Å². The van der Waals surface area contributed by atoms with Crippen molar-refractivity contribution in [1.29, 1.82) is 0 Å². The van der Waals surface area contributed by atoms with E-state index in [1.807, 2.05) is 24.3 Å². The van der Waals surface area contributed by atoms with Crippen LogP contribution in [-0.4, -0.2) is 32.0 Å². The first kappa shape index (κ1) is 22.5. The minimum absolute atomic E-state index is 0.0435. The molecule has 2 heterocycles. The number of rotatable bonds is 9. The molecule has 1 aromatic carbocycles. The van der Waals surface area contributed by atoms with Gasteiger partial charge in [0, 0.05) is 36.6 Å². The van der Waals surface area contributed by atoms with E-state index in [9.17, 15) is 14.9 Å². The number of esters is 1. The Kier molecular flexibility index (Phi) is 7.41. The number of carbonyl (C=O) groups excluding carboxylic acids is 1. The third-order valence-electron chi connectivity index (χ3n) is 4.49. The number of imidazole rings is 1. The molecule has 0 aliphatic heterocycles. The van der Waals surface area contributed by atoms with E-state index in [0.29, 0.717) is 13.0 Å². The Bertz CT molecular complexity index is 1070. The SMILES string of the molecule is CC(=O)OCCc1nc(C(C)C)c(Sc2cccc([N+](=O)[O-])c2)n1Cc1ccccn1. The van der Waals surface area contributed by atoms with Crippen LogP contribution in [0.1, 0.15) is 43.9 Å². The predicted molar refractivity (Wildman–Crippen MR) is 117 cm³/mol. The van der Waals surface area contributed by atoms with Crippen molar-refractivity contribution in [3.8, 4) is 0 Å². The molecule has 0 saturated heterocycles. The van der Waals surface area contributed by atoms with Gasteiger partial charge in [0.1, 0.15) is 10.9 Å². The Labute approximate surface area is 184 Å². The van der Waals surface area contributed by atoms with Crippen LogP contribution in [0.2, 0.25) is 0 Å². The molecule has 3 aromatic rings. The van der Waals surface area contributed by atoms with Gasteiger partial charge in [0.05, 0.1) is 29.5 Å². The zero-order valence-electron chi connectivity index (χ0n) is 17.6. The number of benzene rings is 1. The molecular formula is C22H24N4O4S. The van der Waals surface area contributed by atoms with Crippen LogP contribution >= 0.6 is 11.8 Å². The molecule has 0 aliphatic rings. The summed E-state index contributed by atoms with van der Waals surface area (Å²) in [6, 6.07) is 12.3. The largest absolute Gasteiger partial charge is 0.465 e. The van der Waals surface area contributed by atoms with Gasteiger partial charge >= 0.3 is 5.97 Å². The Morgan fingerprint density at radius 1 is 1.26 bits per heavy atom. The molecule has 31 heavy (non-hydrogen) atoms. The van der Waals surface area contributed by atoms with Crippen LogP contribution in [0.5, 0.6) is 0 Å². The smallest absolute Gasteiger partial charge is 0.302 e. The average Bonchev–Trinajstić information content (AvgIpc) is 3.06. The fourth-order valence-corrected chi connectivity index (χ4v) is 4.27. The number of hydrogen-bond acceptors (Lipinski definition) is 7. The van der Waals surface area contributed by atoms with E-state index in [0.717, 1.165) is 27.1 Å². The Morgan fingerprint density at radius 2 is 2.06 bits per heavy atom. The second-order valence-corrected chi connectivity index (χ2v) is 8.29. The highest BCUT2D eigenvalue weighted by molar-refractivity contribution is 7.99. The Hall–Kier alpha value is -3.20. The van der Waals surface area contributed by atoms with Crippen LogP contribution in [0.25, 0.3) is 0 Å². The third-order valence-corrected chi connectivity index (χ3v) is 5.60. The molecule has 0 amide bonds. The maximum Gasteiger partial charge on any atom is 0.302 e. The highest BCUT2D eigenvalue weighted by Crippen LogP contribution is 2.36. The van der Waals surface area contributed by atoms with E-state index in [2.05, 4.69) is 23.4 Å². The summed E-state index contributed by atoms with van der Waals surface area (Å²) >= 11 is 1.44. The molecule has 0 aliphatic carbocycles. The summed E-state index contributed by atoms with van der Waals surface area (Å²) in [5.74, 6) is 0.584.